The quantitative estimate of drug-likeness (QED) is 0.337. The fourth-order valence-electron chi connectivity index (χ4n) is 2.67. The maximum atomic E-state index is 12.4. The number of anilines is 1. The predicted molar refractivity (Wildman–Crippen MR) is 124 cm³/mol. The Morgan fingerprint density at radius 3 is 2.28 bits per heavy atom. The van der Waals surface area contributed by atoms with E-state index in [1.807, 2.05) is 0 Å². The zero-order valence-electron chi connectivity index (χ0n) is 17.4. The van der Waals surface area contributed by atoms with Gasteiger partial charge >= 0.3 is 0 Å². The summed E-state index contributed by atoms with van der Waals surface area (Å²) in [6.07, 6.45) is 1.55. The van der Waals surface area contributed by atoms with Crippen molar-refractivity contribution >= 4 is 34.8 Å². The molecule has 0 atom stereocenters. The molecule has 3 aromatic rings. The van der Waals surface area contributed by atoms with E-state index in [1.54, 1.807) is 74.0 Å². The SMILES string of the molecule is COCCOc1ccc(C(=O)NC(=S)Nc2ccc(C(=O)NCc3ccco3)cc2)cc1. The normalized spacial score (nSPS) is 10.3. The van der Waals surface area contributed by atoms with Crippen molar-refractivity contribution in [3.05, 3.63) is 83.8 Å². The molecule has 0 unspecified atom stereocenters. The van der Waals surface area contributed by atoms with Gasteiger partial charge in [0.25, 0.3) is 11.8 Å². The Morgan fingerprint density at radius 2 is 1.62 bits per heavy atom. The van der Waals surface area contributed by atoms with E-state index in [0.29, 0.717) is 48.1 Å². The van der Waals surface area contributed by atoms with E-state index in [1.165, 1.54) is 0 Å². The molecule has 0 aliphatic carbocycles. The van der Waals surface area contributed by atoms with E-state index in [2.05, 4.69) is 16.0 Å². The number of ether oxygens (including phenoxy) is 2. The summed E-state index contributed by atoms with van der Waals surface area (Å²) in [5.74, 6) is 0.747. The molecule has 9 heteroatoms. The minimum atomic E-state index is -0.347. The molecule has 0 saturated carbocycles. The summed E-state index contributed by atoms with van der Waals surface area (Å²) in [7, 11) is 1.60. The predicted octanol–water partition coefficient (Wildman–Crippen LogP) is 3.36. The average Bonchev–Trinajstić information content (AvgIpc) is 3.32. The van der Waals surface area contributed by atoms with Crippen LogP contribution in [0.4, 0.5) is 5.69 Å². The van der Waals surface area contributed by atoms with Gasteiger partial charge in [-0.25, -0.2) is 0 Å². The first-order valence-electron chi connectivity index (χ1n) is 9.80. The first-order valence-corrected chi connectivity index (χ1v) is 10.2. The summed E-state index contributed by atoms with van der Waals surface area (Å²) in [4.78, 5) is 24.6. The van der Waals surface area contributed by atoms with Gasteiger partial charge in [0.2, 0.25) is 0 Å². The highest BCUT2D eigenvalue weighted by Crippen LogP contribution is 2.13. The van der Waals surface area contributed by atoms with Crippen LogP contribution in [0.25, 0.3) is 0 Å². The second kappa shape index (κ2) is 11.6. The third-order valence-electron chi connectivity index (χ3n) is 4.31. The van der Waals surface area contributed by atoms with Crippen LogP contribution in [-0.2, 0) is 11.3 Å². The maximum absolute atomic E-state index is 12.4. The van der Waals surface area contributed by atoms with Gasteiger partial charge in [-0.05, 0) is 72.9 Å². The molecule has 1 aromatic heterocycles. The molecular weight excluding hydrogens is 430 g/mol. The number of hydrogen-bond donors (Lipinski definition) is 3. The fourth-order valence-corrected chi connectivity index (χ4v) is 2.88. The van der Waals surface area contributed by atoms with Crippen molar-refractivity contribution in [2.75, 3.05) is 25.6 Å². The second-order valence-electron chi connectivity index (χ2n) is 6.61. The average molecular weight is 454 g/mol. The minimum absolute atomic E-state index is 0.144. The van der Waals surface area contributed by atoms with Gasteiger partial charge in [-0.1, -0.05) is 0 Å². The molecule has 3 rings (SSSR count). The first-order chi connectivity index (χ1) is 15.5. The highest BCUT2D eigenvalue weighted by atomic mass is 32.1. The molecule has 2 amide bonds. The molecule has 0 aliphatic rings. The zero-order valence-corrected chi connectivity index (χ0v) is 18.2. The lowest BCUT2D eigenvalue weighted by Crippen LogP contribution is -2.34. The Balaban J connectivity index is 1.46. The Labute approximate surface area is 190 Å². The molecule has 0 saturated heterocycles. The number of nitrogens with one attached hydrogen (secondary N) is 3. The van der Waals surface area contributed by atoms with Crippen LogP contribution in [0.3, 0.4) is 0 Å². The van der Waals surface area contributed by atoms with Crippen molar-refractivity contribution in [2.45, 2.75) is 6.54 Å². The van der Waals surface area contributed by atoms with Gasteiger partial charge in [0.15, 0.2) is 5.11 Å². The number of carbonyl (C=O) groups excluding carboxylic acids is 2. The number of furan rings is 1. The number of hydrogen-bond acceptors (Lipinski definition) is 6. The van der Waals surface area contributed by atoms with Crippen LogP contribution in [0.5, 0.6) is 5.75 Å². The number of rotatable bonds is 9. The molecular formula is C23H23N3O5S. The Kier molecular flexibility index (Phi) is 8.36. The van der Waals surface area contributed by atoms with Crippen LogP contribution in [0.15, 0.2) is 71.3 Å². The van der Waals surface area contributed by atoms with Crippen LogP contribution in [0.2, 0.25) is 0 Å². The van der Waals surface area contributed by atoms with E-state index >= 15 is 0 Å². The summed E-state index contributed by atoms with van der Waals surface area (Å²) in [5, 5.41) is 8.46. The van der Waals surface area contributed by atoms with Crippen molar-refractivity contribution < 1.29 is 23.5 Å². The van der Waals surface area contributed by atoms with E-state index in [0.717, 1.165) is 0 Å². The first kappa shape index (κ1) is 23.0. The lowest BCUT2D eigenvalue weighted by atomic mass is 10.2. The number of carbonyl (C=O) groups is 2. The lowest BCUT2D eigenvalue weighted by Gasteiger charge is -2.11. The summed E-state index contributed by atoms with van der Waals surface area (Å²) in [6.45, 7) is 1.22. The van der Waals surface area contributed by atoms with Gasteiger partial charge in [0.05, 0.1) is 19.4 Å². The topological polar surface area (TPSA) is 102 Å². The minimum Gasteiger partial charge on any atom is -0.491 e. The van der Waals surface area contributed by atoms with Gasteiger partial charge in [0.1, 0.15) is 18.1 Å². The molecule has 8 nitrogen and oxygen atoms in total. The highest BCUT2D eigenvalue weighted by molar-refractivity contribution is 7.80. The highest BCUT2D eigenvalue weighted by Gasteiger charge is 2.10. The summed E-state index contributed by atoms with van der Waals surface area (Å²) < 4.78 is 15.6. The van der Waals surface area contributed by atoms with Crippen molar-refractivity contribution in [2.24, 2.45) is 0 Å². The van der Waals surface area contributed by atoms with Gasteiger partial charge in [-0.2, -0.15) is 0 Å². The van der Waals surface area contributed by atoms with E-state index in [4.69, 9.17) is 26.1 Å². The Bertz CT molecular complexity index is 1030. The molecule has 1 heterocycles. The van der Waals surface area contributed by atoms with Gasteiger partial charge in [0, 0.05) is 23.9 Å². The molecule has 2 aromatic carbocycles. The van der Waals surface area contributed by atoms with Crippen molar-refractivity contribution in [3.8, 4) is 5.75 Å². The van der Waals surface area contributed by atoms with E-state index in [-0.39, 0.29) is 16.9 Å². The fraction of sp³-hybridized carbons (Fsp3) is 0.174. The molecule has 0 aliphatic heterocycles. The maximum Gasteiger partial charge on any atom is 0.257 e. The molecule has 0 bridgehead atoms. The van der Waals surface area contributed by atoms with E-state index in [9.17, 15) is 9.59 Å². The number of amides is 2. The second-order valence-corrected chi connectivity index (χ2v) is 7.02. The molecule has 0 fully saturated rings. The van der Waals surface area contributed by atoms with Gasteiger partial charge < -0.3 is 24.5 Å². The van der Waals surface area contributed by atoms with Gasteiger partial charge in [-0.15, -0.1) is 0 Å². The summed E-state index contributed by atoms with van der Waals surface area (Å²) in [6, 6.07) is 17.0. The van der Waals surface area contributed by atoms with Crippen LogP contribution >= 0.6 is 12.2 Å². The number of methoxy groups -OCH3 is 1. The standard InChI is InChI=1S/C23H23N3O5S/c1-29-13-14-31-19-10-6-17(7-11-19)22(28)26-23(32)25-18-8-4-16(5-9-18)21(27)24-15-20-3-2-12-30-20/h2-12H,13-15H2,1H3,(H,24,27)(H2,25,26,28,32). The molecule has 0 spiro atoms. The zero-order chi connectivity index (χ0) is 22.8. The largest absolute Gasteiger partial charge is 0.491 e. The Hall–Kier alpha value is -3.69. The molecule has 3 N–H and O–H groups in total. The van der Waals surface area contributed by atoms with Crippen molar-refractivity contribution in [1.29, 1.82) is 0 Å². The Morgan fingerprint density at radius 1 is 0.938 bits per heavy atom. The van der Waals surface area contributed by atoms with Crippen molar-refractivity contribution in [3.63, 3.8) is 0 Å². The number of benzene rings is 2. The molecule has 32 heavy (non-hydrogen) atoms. The summed E-state index contributed by atoms with van der Waals surface area (Å²) >= 11 is 5.21. The smallest absolute Gasteiger partial charge is 0.257 e. The van der Waals surface area contributed by atoms with Crippen LogP contribution in [0, 0.1) is 0 Å². The van der Waals surface area contributed by atoms with E-state index < -0.39 is 0 Å². The summed E-state index contributed by atoms with van der Waals surface area (Å²) in [5.41, 5.74) is 1.57. The van der Waals surface area contributed by atoms with Crippen LogP contribution in [-0.4, -0.2) is 37.3 Å². The van der Waals surface area contributed by atoms with Crippen LogP contribution in [0.1, 0.15) is 26.5 Å². The number of thiocarbonyl (C=S) groups is 1. The third-order valence-corrected chi connectivity index (χ3v) is 4.51. The molecule has 166 valence electrons. The third kappa shape index (κ3) is 6.93. The van der Waals surface area contributed by atoms with Crippen LogP contribution < -0.4 is 20.7 Å². The monoisotopic (exact) mass is 453 g/mol. The lowest BCUT2D eigenvalue weighted by molar-refractivity contribution is 0.0946. The molecule has 0 radical (unpaired) electrons. The van der Waals surface area contributed by atoms with Gasteiger partial charge in [-0.3, -0.25) is 14.9 Å². The van der Waals surface area contributed by atoms with Crippen molar-refractivity contribution in [1.82, 2.24) is 10.6 Å².